The molecule has 0 aromatic carbocycles. The second kappa shape index (κ2) is 5.29. The Morgan fingerprint density at radius 1 is 1.71 bits per heavy atom. The number of carbonyl (C=O) groups is 1. The summed E-state index contributed by atoms with van der Waals surface area (Å²) >= 11 is 0. The number of amides is 1. The van der Waals surface area contributed by atoms with Gasteiger partial charge in [-0.25, -0.2) is 0 Å². The minimum absolute atomic E-state index is 0.298. The average molecular weight is 201 g/mol. The number of hydrogen-bond donors (Lipinski definition) is 3. The Kier molecular flexibility index (Phi) is 4.31. The Balaban J connectivity index is 2.11. The molecule has 5 N–H and O–H groups in total. The van der Waals surface area contributed by atoms with Crippen molar-refractivity contribution in [1.29, 1.82) is 0 Å². The van der Waals surface area contributed by atoms with Crippen LogP contribution < -0.4 is 16.8 Å². The molecule has 0 spiro atoms. The van der Waals surface area contributed by atoms with Gasteiger partial charge in [0.05, 0.1) is 12.1 Å². The first-order chi connectivity index (χ1) is 6.61. The maximum atomic E-state index is 10.6. The van der Waals surface area contributed by atoms with Crippen LogP contribution in [0.2, 0.25) is 0 Å². The van der Waals surface area contributed by atoms with E-state index >= 15 is 0 Å². The molecule has 0 aromatic rings. The molecular formula is C9H19N3O2. The van der Waals surface area contributed by atoms with Crippen molar-refractivity contribution in [2.75, 3.05) is 19.7 Å². The molecule has 0 bridgehead atoms. The second-order valence-electron chi connectivity index (χ2n) is 3.79. The van der Waals surface area contributed by atoms with Gasteiger partial charge in [-0.1, -0.05) is 0 Å². The molecule has 82 valence electrons. The summed E-state index contributed by atoms with van der Waals surface area (Å²) in [4.78, 5) is 10.6. The standard InChI is InChI=1S/C9H19N3O2/c1-6-7(2-3-14-6)4-12-5-8(10)9(11)13/h6-8,12H,2-5,10H2,1H3,(H2,11,13). The predicted octanol–water partition coefficient (Wildman–Crippen LogP) is -1.19. The monoisotopic (exact) mass is 201 g/mol. The fourth-order valence-electron chi connectivity index (χ4n) is 1.57. The number of hydrogen-bond acceptors (Lipinski definition) is 4. The molecule has 0 aliphatic carbocycles. The highest BCUT2D eigenvalue weighted by Crippen LogP contribution is 2.18. The first-order valence-corrected chi connectivity index (χ1v) is 4.98. The molecule has 5 heteroatoms. The highest BCUT2D eigenvalue weighted by Gasteiger charge is 2.23. The molecule has 1 saturated heterocycles. The molecule has 1 heterocycles. The van der Waals surface area contributed by atoms with Gasteiger partial charge in [-0.05, 0) is 19.3 Å². The lowest BCUT2D eigenvalue weighted by Crippen LogP contribution is -2.45. The van der Waals surface area contributed by atoms with Gasteiger partial charge in [0.1, 0.15) is 0 Å². The molecule has 1 aliphatic rings. The maximum absolute atomic E-state index is 10.6. The molecule has 14 heavy (non-hydrogen) atoms. The van der Waals surface area contributed by atoms with Gasteiger partial charge in [-0.2, -0.15) is 0 Å². The van der Waals surface area contributed by atoms with Gasteiger partial charge in [-0.15, -0.1) is 0 Å². The summed E-state index contributed by atoms with van der Waals surface area (Å²) in [5.41, 5.74) is 10.5. The molecule has 1 rings (SSSR count). The van der Waals surface area contributed by atoms with Crippen LogP contribution in [0, 0.1) is 5.92 Å². The van der Waals surface area contributed by atoms with Gasteiger partial charge in [0.2, 0.25) is 5.91 Å². The normalized spacial score (nSPS) is 29.0. The van der Waals surface area contributed by atoms with E-state index < -0.39 is 11.9 Å². The van der Waals surface area contributed by atoms with E-state index in [0.717, 1.165) is 19.6 Å². The van der Waals surface area contributed by atoms with E-state index in [4.69, 9.17) is 16.2 Å². The van der Waals surface area contributed by atoms with Crippen LogP contribution in [0.5, 0.6) is 0 Å². The van der Waals surface area contributed by atoms with Crippen LogP contribution in [0.3, 0.4) is 0 Å². The van der Waals surface area contributed by atoms with Crippen molar-refractivity contribution < 1.29 is 9.53 Å². The Bertz CT molecular complexity index is 198. The first-order valence-electron chi connectivity index (χ1n) is 4.98. The van der Waals surface area contributed by atoms with Crippen molar-refractivity contribution in [2.24, 2.45) is 17.4 Å². The van der Waals surface area contributed by atoms with Crippen molar-refractivity contribution in [1.82, 2.24) is 5.32 Å². The highest BCUT2D eigenvalue weighted by atomic mass is 16.5. The molecule has 3 unspecified atom stereocenters. The molecule has 1 amide bonds. The summed E-state index contributed by atoms with van der Waals surface area (Å²) in [6, 6.07) is -0.590. The number of primary amides is 1. The molecule has 1 aliphatic heterocycles. The molecule has 0 aromatic heterocycles. The third kappa shape index (κ3) is 3.25. The molecule has 1 fully saturated rings. The van der Waals surface area contributed by atoms with E-state index in [1.165, 1.54) is 0 Å². The SMILES string of the molecule is CC1OCCC1CNCC(N)C(N)=O. The Hall–Kier alpha value is -0.650. The molecular weight excluding hydrogens is 182 g/mol. The van der Waals surface area contributed by atoms with E-state index in [2.05, 4.69) is 12.2 Å². The third-order valence-electron chi connectivity index (χ3n) is 2.67. The van der Waals surface area contributed by atoms with Crippen LogP contribution >= 0.6 is 0 Å². The zero-order valence-corrected chi connectivity index (χ0v) is 8.53. The number of nitrogens with two attached hydrogens (primary N) is 2. The summed E-state index contributed by atoms with van der Waals surface area (Å²) in [6.07, 6.45) is 1.37. The minimum atomic E-state index is -0.590. The van der Waals surface area contributed by atoms with Crippen LogP contribution in [0.4, 0.5) is 0 Å². The van der Waals surface area contributed by atoms with Crippen molar-refractivity contribution in [2.45, 2.75) is 25.5 Å². The summed E-state index contributed by atoms with van der Waals surface area (Å²) < 4.78 is 5.41. The van der Waals surface area contributed by atoms with Gasteiger partial charge in [0, 0.05) is 19.7 Å². The summed E-state index contributed by atoms with van der Waals surface area (Å²) in [6.45, 7) is 4.17. The largest absolute Gasteiger partial charge is 0.378 e. The predicted molar refractivity (Wildman–Crippen MR) is 53.6 cm³/mol. The summed E-state index contributed by atoms with van der Waals surface area (Å²) in [7, 11) is 0. The average Bonchev–Trinajstić information content (AvgIpc) is 2.51. The number of carbonyl (C=O) groups excluding carboxylic acids is 1. The minimum Gasteiger partial charge on any atom is -0.378 e. The van der Waals surface area contributed by atoms with E-state index in [1.54, 1.807) is 0 Å². The van der Waals surface area contributed by atoms with Crippen LogP contribution in [0.1, 0.15) is 13.3 Å². The van der Waals surface area contributed by atoms with Crippen molar-refractivity contribution in [3.8, 4) is 0 Å². The van der Waals surface area contributed by atoms with Gasteiger partial charge in [0.25, 0.3) is 0 Å². The van der Waals surface area contributed by atoms with E-state index in [1.807, 2.05) is 0 Å². The quantitative estimate of drug-likeness (QED) is 0.522. The Labute approximate surface area is 84.2 Å². The van der Waals surface area contributed by atoms with Crippen molar-refractivity contribution >= 4 is 5.91 Å². The Morgan fingerprint density at radius 3 is 2.93 bits per heavy atom. The van der Waals surface area contributed by atoms with E-state index in [9.17, 15) is 4.79 Å². The Morgan fingerprint density at radius 2 is 2.43 bits per heavy atom. The van der Waals surface area contributed by atoms with E-state index in [0.29, 0.717) is 18.6 Å². The zero-order valence-electron chi connectivity index (χ0n) is 8.53. The molecule has 3 atom stereocenters. The van der Waals surface area contributed by atoms with Gasteiger partial charge >= 0.3 is 0 Å². The summed E-state index contributed by atoms with van der Waals surface area (Å²) in [5.74, 6) is 0.0586. The fourth-order valence-corrected chi connectivity index (χ4v) is 1.57. The lowest BCUT2D eigenvalue weighted by molar-refractivity contribution is -0.119. The van der Waals surface area contributed by atoms with Crippen LogP contribution in [-0.2, 0) is 9.53 Å². The second-order valence-corrected chi connectivity index (χ2v) is 3.79. The lowest BCUT2D eigenvalue weighted by atomic mass is 10.0. The van der Waals surface area contributed by atoms with Crippen LogP contribution in [0.15, 0.2) is 0 Å². The van der Waals surface area contributed by atoms with E-state index in [-0.39, 0.29) is 0 Å². The fraction of sp³-hybridized carbons (Fsp3) is 0.889. The smallest absolute Gasteiger partial charge is 0.235 e. The van der Waals surface area contributed by atoms with Crippen molar-refractivity contribution in [3.05, 3.63) is 0 Å². The van der Waals surface area contributed by atoms with Crippen LogP contribution in [-0.4, -0.2) is 37.7 Å². The van der Waals surface area contributed by atoms with Gasteiger partial charge < -0.3 is 21.5 Å². The molecule has 5 nitrogen and oxygen atoms in total. The number of ether oxygens (including phenoxy) is 1. The first kappa shape index (κ1) is 11.4. The highest BCUT2D eigenvalue weighted by molar-refractivity contribution is 5.79. The maximum Gasteiger partial charge on any atom is 0.235 e. The molecule has 0 saturated carbocycles. The van der Waals surface area contributed by atoms with Crippen molar-refractivity contribution in [3.63, 3.8) is 0 Å². The summed E-state index contributed by atoms with van der Waals surface area (Å²) in [5, 5.41) is 3.13. The third-order valence-corrected chi connectivity index (χ3v) is 2.67. The topological polar surface area (TPSA) is 90.4 Å². The zero-order chi connectivity index (χ0) is 10.6. The number of nitrogens with one attached hydrogen (secondary N) is 1. The van der Waals surface area contributed by atoms with Gasteiger partial charge in [0.15, 0.2) is 0 Å². The van der Waals surface area contributed by atoms with Crippen LogP contribution in [0.25, 0.3) is 0 Å². The van der Waals surface area contributed by atoms with Gasteiger partial charge in [-0.3, -0.25) is 4.79 Å². The lowest BCUT2D eigenvalue weighted by Gasteiger charge is -2.15. The number of rotatable bonds is 5. The molecule has 0 radical (unpaired) electrons.